The summed E-state index contributed by atoms with van der Waals surface area (Å²) in [7, 11) is 0. The summed E-state index contributed by atoms with van der Waals surface area (Å²) in [6.07, 6.45) is 2.54. The Kier molecular flexibility index (Phi) is 3.61. The first kappa shape index (κ1) is 11.8. The van der Waals surface area contributed by atoms with Gasteiger partial charge in [0.2, 0.25) is 0 Å². The first-order valence-corrected chi connectivity index (χ1v) is 8.29. The van der Waals surface area contributed by atoms with Gasteiger partial charge in [0, 0.05) is 27.7 Å². The minimum Gasteiger partial charge on any atom is -0.316 e. The summed E-state index contributed by atoms with van der Waals surface area (Å²) in [6.45, 7) is 2.24. The van der Waals surface area contributed by atoms with Crippen LogP contribution in [0.2, 0.25) is 0 Å². The maximum atomic E-state index is 4.79. The van der Waals surface area contributed by atoms with Crippen molar-refractivity contribution >= 4 is 38.6 Å². The van der Waals surface area contributed by atoms with E-state index < -0.39 is 0 Å². The Bertz CT molecular complexity index is 500. The molecule has 5 heteroatoms. The van der Waals surface area contributed by atoms with Crippen molar-refractivity contribution in [1.82, 2.24) is 10.3 Å². The number of rotatable bonds is 2. The van der Waals surface area contributed by atoms with E-state index in [9.17, 15) is 0 Å². The molecule has 2 aromatic heterocycles. The average Bonchev–Trinajstić information content (AvgIpc) is 2.98. The molecule has 0 amide bonds. The van der Waals surface area contributed by atoms with Gasteiger partial charge in [-0.1, -0.05) is 0 Å². The maximum Gasteiger partial charge on any atom is 0.0976 e. The highest BCUT2D eigenvalue weighted by Crippen LogP contribution is 2.33. The Morgan fingerprint density at radius 3 is 3.00 bits per heavy atom. The van der Waals surface area contributed by atoms with Gasteiger partial charge in [0.05, 0.1) is 15.6 Å². The van der Waals surface area contributed by atoms with E-state index in [1.165, 1.54) is 22.7 Å². The van der Waals surface area contributed by atoms with Crippen molar-refractivity contribution in [1.29, 1.82) is 0 Å². The molecule has 0 bridgehead atoms. The van der Waals surface area contributed by atoms with Gasteiger partial charge in [-0.2, -0.15) is 0 Å². The molecule has 0 radical (unpaired) electrons. The smallest absolute Gasteiger partial charge is 0.0976 e. The molecule has 1 aliphatic rings. The zero-order chi connectivity index (χ0) is 11.7. The number of piperidine rings is 1. The van der Waals surface area contributed by atoms with Crippen molar-refractivity contribution in [2.24, 2.45) is 0 Å². The van der Waals surface area contributed by atoms with Crippen LogP contribution in [0.5, 0.6) is 0 Å². The molecule has 90 valence electrons. The lowest BCUT2D eigenvalue weighted by Crippen LogP contribution is -2.28. The molecular formula is C12H13BrN2S2. The number of thiazole rings is 1. The van der Waals surface area contributed by atoms with Gasteiger partial charge >= 0.3 is 0 Å². The van der Waals surface area contributed by atoms with E-state index >= 15 is 0 Å². The normalized spacial score (nSPS) is 20.6. The third-order valence-electron chi connectivity index (χ3n) is 2.99. The standard InChI is InChI=1S/C12H13BrN2S2/c13-9-4-11(16-6-9)10-7-17-12(15-10)8-2-1-3-14-5-8/h4,6-8,14H,1-3,5H2. The van der Waals surface area contributed by atoms with Crippen molar-refractivity contribution in [2.45, 2.75) is 18.8 Å². The Labute approximate surface area is 117 Å². The average molecular weight is 329 g/mol. The molecule has 0 saturated carbocycles. The highest BCUT2D eigenvalue weighted by Gasteiger charge is 2.18. The van der Waals surface area contributed by atoms with Gasteiger partial charge < -0.3 is 5.32 Å². The fourth-order valence-corrected chi connectivity index (χ4v) is 4.52. The Hall–Kier alpha value is -0.230. The molecule has 0 spiro atoms. The Morgan fingerprint density at radius 1 is 1.35 bits per heavy atom. The lowest BCUT2D eigenvalue weighted by molar-refractivity contribution is 0.460. The van der Waals surface area contributed by atoms with Gasteiger partial charge in [-0.05, 0) is 41.4 Å². The van der Waals surface area contributed by atoms with Crippen LogP contribution in [-0.4, -0.2) is 18.1 Å². The van der Waals surface area contributed by atoms with Gasteiger partial charge in [-0.15, -0.1) is 22.7 Å². The van der Waals surface area contributed by atoms with Crippen molar-refractivity contribution < 1.29 is 0 Å². The Balaban J connectivity index is 1.82. The molecule has 2 nitrogen and oxygen atoms in total. The summed E-state index contributed by atoms with van der Waals surface area (Å²) in [5, 5.41) is 9.03. The van der Waals surface area contributed by atoms with E-state index in [1.54, 1.807) is 22.7 Å². The molecular weight excluding hydrogens is 316 g/mol. The van der Waals surface area contributed by atoms with E-state index in [1.807, 2.05) is 0 Å². The second-order valence-corrected chi connectivity index (χ2v) is 6.96. The van der Waals surface area contributed by atoms with Crippen molar-refractivity contribution in [2.75, 3.05) is 13.1 Å². The zero-order valence-electron chi connectivity index (χ0n) is 9.28. The third kappa shape index (κ3) is 2.62. The third-order valence-corrected chi connectivity index (χ3v) is 5.71. The van der Waals surface area contributed by atoms with Crippen LogP contribution in [-0.2, 0) is 0 Å². The number of nitrogens with zero attached hydrogens (tertiary/aromatic N) is 1. The lowest BCUT2D eigenvalue weighted by Gasteiger charge is -2.20. The summed E-state index contributed by atoms with van der Waals surface area (Å²) >= 11 is 7.03. The minimum absolute atomic E-state index is 0.617. The molecule has 1 saturated heterocycles. The molecule has 1 atom stereocenters. The summed E-state index contributed by atoms with van der Waals surface area (Å²) in [6, 6.07) is 2.14. The van der Waals surface area contributed by atoms with Crippen LogP contribution in [0, 0.1) is 0 Å². The fourth-order valence-electron chi connectivity index (χ4n) is 2.10. The van der Waals surface area contributed by atoms with Crippen LogP contribution in [0.25, 0.3) is 10.6 Å². The van der Waals surface area contributed by atoms with Crippen molar-refractivity contribution in [3.05, 3.63) is 26.3 Å². The molecule has 3 rings (SSSR count). The summed E-state index contributed by atoms with van der Waals surface area (Å²) in [4.78, 5) is 6.04. The first-order valence-electron chi connectivity index (χ1n) is 5.73. The Morgan fingerprint density at radius 2 is 2.29 bits per heavy atom. The van der Waals surface area contributed by atoms with E-state index in [0.29, 0.717) is 5.92 Å². The molecule has 1 aliphatic heterocycles. The second kappa shape index (κ2) is 5.18. The predicted octanol–water partition coefficient (Wildman–Crippen LogP) is 4.10. The van der Waals surface area contributed by atoms with Gasteiger partial charge in [-0.3, -0.25) is 0 Å². The molecule has 1 fully saturated rings. The van der Waals surface area contributed by atoms with E-state index in [-0.39, 0.29) is 0 Å². The van der Waals surface area contributed by atoms with Gasteiger partial charge in [0.15, 0.2) is 0 Å². The molecule has 0 aliphatic carbocycles. The molecule has 2 aromatic rings. The quantitative estimate of drug-likeness (QED) is 0.897. The van der Waals surface area contributed by atoms with E-state index in [2.05, 4.69) is 38.1 Å². The lowest BCUT2D eigenvalue weighted by atomic mass is 10.0. The van der Waals surface area contributed by atoms with Gasteiger partial charge in [-0.25, -0.2) is 4.98 Å². The van der Waals surface area contributed by atoms with Crippen molar-refractivity contribution in [3.8, 4) is 10.6 Å². The van der Waals surface area contributed by atoms with Crippen LogP contribution in [0.1, 0.15) is 23.8 Å². The maximum absolute atomic E-state index is 4.79. The highest BCUT2D eigenvalue weighted by atomic mass is 79.9. The summed E-state index contributed by atoms with van der Waals surface area (Å²) in [5.74, 6) is 0.617. The molecule has 17 heavy (non-hydrogen) atoms. The largest absolute Gasteiger partial charge is 0.316 e. The van der Waals surface area contributed by atoms with Gasteiger partial charge in [0.1, 0.15) is 0 Å². The number of halogens is 1. The molecule has 1 unspecified atom stereocenters. The number of hydrogen-bond donors (Lipinski definition) is 1. The summed E-state index contributed by atoms with van der Waals surface area (Å²) in [5.41, 5.74) is 1.13. The minimum atomic E-state index is 0.617. The molecule has 0 aromatic carbocycles. The van der Waals surface area contributed by atoms with Crippen LogP contribution >= 0.6 is 38.6 Å². The molecule has 1 N–H and O–H groups in total. The first-order chi connectivity index (χ1) is 8.33. The number of nitrogens with one attached hydrogen (secondary N) is 1. The predicted molar refractivity (Wildman–Crippen MR) is 78.0 cm³/mol. The monoisotopic (exact) mass is 328 g/mol. The highest BCUT2D eigenvalue weighted by molar-refractivity contribution is 9.10. The van der Waals surface area contributed by atoms with E-state index in [0.717, 1.165) is 23.3 Å². The van der Waals surface area contributed by atoms with E-state index in [4.69, 9.17) is 4.98 Å². The zero-order valence-corrected chi connectivity index (χ0v) is 12.5. The topological polar surface area (TPSA) is 24.9 Å². The SMILES string of the molecule is Brc1csc(-c2csc(C3CCCNC3)n2)c1. The fraction of sp³-hybridized carbons (Fsp3) is 0.417. The number of hydrogen-bond acceptors (Lipinski definition) is 4. The van der Waals surface area contributed by atoms with Crippen LogP contribution in [0.4, 0.5) is 0 Å². The molecule has 3 heterocycles. The van der Waals surface area contributed by atoms with Crippen LogP contribution < -0.4 is 5.32 Å². The number of aromatic nitrogens is 1. The van der Waals surface area contributed by atoms with Crippen molar-refractivity contribution in [3.63, 3.8) is 0 Å². The van der Waals surface area contributed by atoms with Gasteiger partial charge in [0.25, 0.3) is 0 Å². The van der Waals surface area contributed by atoms with Crippen LogP contribution in [0.3, 0.4) is 0 Å². The second-order valence-electron chi connectivity index (χ2n) is 4.24. The summed E-state index contributed by atoms with van der Waals surface area (Å²) < 4.78 is 1.14. The number of thiophene rings is 1. The van der Waals surface area contributed by atoms with Crippen LogP contribution in [0.15, 0.2) is 21.3 Å².